The number of nitrogens with one attached hydrogen (secondary N) is 2. The molecule has 1 saturated heterocycles. The van der Waals surface area contributed by atoms with Gasteiger partial charge in [0.2, 0.25) is 5.78 Å². The number of rotatable bonds is 3. The number of aromatic nitrogens is 1. The van der Waals surface area contributed by atoms with Crippen LogP contribution in [0.3, 0.4) is 0 Å². The van der Waals surface area contributed by atoms with E-state index in [-0.39, 0.29) is 16.6 Å². The maximum Gasteiger partial charge on any atom is 0.325 e. The molecule has 8 heteroatoms. The summed E-state index contributed by atoms with van der Waals surface area (Å²) < 4.78 is 29.0. The highest BCUT2D eigenvalue weighted by Gasteiger charge is 2.23. The van der Waals surface area contributed by atoms with Gasteiger partial charge in [0.15, 0.2) is 5.82 Å². The number of amides is 1. The Bertz CT molecular complexity index is 816. The van der Waals surface area contributed by atoms with Gasteiger partial charge in [-0.3, -0.25) is 9.36 Å². The topological polar surface area (TPSA) is 63.1 Å². The molecule has 0 bridgehead atoms. The quantitative estimate of drug-likeness (QED) is 0.647. The van der Waals surface area contributed by atoms with Crippen LogP contribution in [0.1, 0.15) is 28.8 Å². The molecular formula is C17H16ClF2N3O2. The van der Waals surface area contributed by atoms with E-state index in [0.29, 0.717) is 0 Å². The molecule has 1 aromatic heterocycles. The Morgan fingerprint density at radius 1 is 1.20 bits per heavy atom. The highest BCUT2D eigenvalue weighted by molar-refractivity contribution is 6.31. The van der Waals surface area contributed by atoms with Crippen molar-refractivity contribution in [2.75, 3.05) is 13.1 Å². The molecule has 3 rings (SSSR count). The maximum absolute atomic E-state index is 14.0. The smallest absolute Gasteiger partial charge is 0.325 e. The SMILES string of the molecule is O=C(c1ccn(C(=O)NC2CCNCC2)c1)c1c(F)ccc(Cl)c1F. The molecule has 1 aliphatic rings. The van der Waals surface area contributed by atoms with Crippen molar-refractivity contribution >= 4 is 23.4 Å². The average molecular weight is 368 g/mol. The second-order valence-corrected chi connectivity index (χ2v) is 6.24. The molecular weight excluding hydrogens is 352 g/mol. The van der Waals surface area contributed by atoms with Crippen LogP contribution in [0, 0.1) is 11.6 Å². The molecule has 2 aromatic rings. The normalized spacial score (nSPS) is 15.2. The number of nitrogens with zero attached hydrogens (tertiary/aromatic N) is 1. The molecule has 25 heavy (non-hydrogen) atoms. The minimum Gasteiger partial charge on any atom is -0.335 e. The number of piperidine rings is 1. The molecule has 0 aliphatic carbocycles. The molecule has 1 aromatic carbocycles. The Kier molecular flexibility index (Phi) is 5.15. The van der Waals surface area contributed by atoms with E-state index in [4.69, 9.17) is 11.6 Å². The van der Waals surface area contributed by atoms with Crippen molar-refractivity contribution in [1.82, 2.24) is 15.2 Å². The van der Waals surface area contributed by atoms with Crippen molar-refractivity contribution in [2.24, 2.45) is 0 Å². The van der Waals surface area contributed by atoms with Crippen molar-refractivity contribution in [2.45, 2.75) is 18.9 Å². The van der Waals surface area contributed by atoms with Crippen LogP contribution in [0.15, 0.2) is 30.6 Å². The van der Waals surface area contributed by atoms with E-state index in [2.05, 4.69) is 10.6 Å². The summed E-state index contributed by atoms with van der Waals surface area (Å²) in [4.78, 5) is 24.6. The van der Waals surface area contributed by atoms with Gasteiger partial charge in [-0.1, -0.05) is 11.6 Å². The first-order valence-electron chi connectivity index (χ1n) is 7.85. The minimum atomic E-state index is -1.11. The Morgan fingerprint density at radius 2 is 1.92 bits per heavy atom. The standard InChI is InChI=1S/C17H16ClF2N3O2/c18-12-1-2-13(19)14(15(12)20)16(24)10-5-8-23(9-10)17(25)22-11-3-6-21-7-4-11/h1-2,5,8-9,11,21H,3-4,6-7H2,(H,22,25). The second-order valence-electron chi connectivity index (χ2n) is 5.83. The summed E-state index contributed by atoms with van der Waals surface area (Å²) in [5.74, 6) is -2.98. The fourth-order valence-corrected chi connectivity index (χ4v) is 2.91. The molecule has 0 atom stereocenters. The summed E-state index contributed by atoms with van der Waals surface area (Å²) in [6.07, 6.45) is 4.26. The van der Waals surface area contributed by atoms with E-state index in [0.717, 1.165) is 38.1 Å². The van der Waals surface area contributed by atoms with Crippen molar-refractivity contribution < 1.29 is 18.4 Å². The molecule has 2 N–H and O–H groups in total. The van der Waals surface area contributed by atoms with E-state index in [1.807, 2.05) is 0 Å². The predicted molar refractivity (Wildman–Crippen MR) is 89.1 cm³/mol. The molecule has 0 radical (unpaired) electrons. The molecule has 1 fully saturated rings. The Hall–Kier alpha value is -2.25. The van der Waals surface area contributed by atoms with Gasteiger partial charge in [0.25, 0.3) is 0 Å². The lowest BCUT2D eigenvalue weighted by atomic mass is 10.0. The first-order valence-corrected chi connectivity index (χ1v) is 8.23. The van der Waals surface area contributed by atoms with Gasteiger partial charge in [-0.2, -0.15) is 0 Å². The summed E-state index contributed by atoms with van der Waals surface area (Å²) in [5, 5.41) is 5.72. The molecule has 0 spiro atoms. The van der Waals surface area contributed by atoms with E-state index in [9.17, 15) is 18.4 Å². The summed E-state index contributed by atoms with van der Waals surface area (Å²) >= 11 is 5.61. The van der Waals surface area contributed by atoms with Crippen molar-refractivity contribution in [3.8, 4) is 0 Å². The van der Waals surface area contributed by atoms with Gasteiger partial charge < -0.3 is 10.6 Å². The number of carbonyl (C=O) groups excluding carboxylic acids is 2. The van der Waals surface area contributed by atoms with Crippen LogP contribution in [0.2, 0.25) is 5.02 Å². The van der Waals surface area contributed by atoms with Crippen LogP contribution in [-0.2, 0) is 0 Å². The van der Waals surface area contributed by atoms with Gasteiger partial charge >= 0.3 is 6.03 Å². The molecule has 0 saturated carbocycles. The fraction of sp³-hybridized carbons (Fsp3) is 0.294. The van der Waals surface area contributed by atoms with Gasteiger partial charge in [-0.05, 0) is 44.1 Å². The molecule has 5 nitrogen and oxygen atoms in total. The monoisotopic (exact) mass is 367 g/mol. The lowest BCUT2D eigenvalue weighted by molar-refractivity contribution is 0.103. The third-order valence-corrected chi connectivity index (χ3v) is 4.42. The molecule has 132 valence electrons. The van der Waals surface area contributed by atoms with E-state index in [1.165, 1.54) is 23.0 Å². The van der Waals surface area contributed by atoms with Crippen molar-refractivity contribution in [3.63, 3.8) is 0 Å². The Labute approximate surface area is 148 Å². The zero-order chi connectivity index (χ0) is 18.0. The predicted octanol–water partition coefficient (Wildman–Crippen LogP) is 2.96. The van der Waals surface area contributed by atoms with Crippen molar-refractivity contribution in [3.05, 3.63) is 58.4 Å². The van der Waals surface area contributed by atoms with Gasteiger partial charge in [0.05, 0.1) is 10.6 Å². The van der Waals surface area contributed by atoms with Crippen LogP contribution >= 0.6 is 11.6 Å². The molecule has 0 unspecified atom stereocenters. The van der Waals surface area contributed by atoms with Gasteiger partial charge in [-0.15, -0.1) is 0 Å². The fourth-order valence-electron chi connectivity index (χ4n) is 2.75. The Balaban J connectivity index is 1.78. The second kappa shape index (κ2) is 7.33. The van der Waals surface area contributed by atoms with E-state index >= 15 is 0 Å². The summed E-state index contributed by atoms with van der Waals surface area (Å²) in [5.41, 5.74) is -0.732. The maximum atomic E-state index is 14.0. The zero-order valence-corrected chi connectivity index (χ0v) is 13.9. The lowest BCUT2D eigenvalue weighted by Gasteiger charge is -2.23. The number of hydrogen-bond acceptors (Lipinski definition) is 3. The highest BCUT2D eigenvalue weighted by Crippen LogP contribution is 2.23. The van der Waals surface area contributed by atoms with Gasteiger partial charge in [0, 0.05) is 24.0 Å². The third kappa shape index (κ3) is 3.72. The molecule has 1 aliphatic heterocycles. The van der Waals surface area contributed by atoms with Crippen LogP contribution in [0.5, 0.6) is 0 Å². The largest absolute Gasteiger partial charge is 0.335 e. The van der Waals surface area contributed by atoms with Crippen LogP contribution in [-0.4, -0.2) is 35.5 Å². The van der Waals surface area contributed by atoms with Crippen molar-refractivity contribution in [1.29, 1.82) is 0 Å². The van der Waals surface area contributed by atoms with Crippen LogP contribution in [0.25, 0.3) is 0 Å². The van der Waals surface area contributed by atoms with E-state index < -0.39 is 29.0 Å². The van der Waals surface area contributed by atoms with E-state index in [1.54, 1.807) is 0 Å². The summed E-state index contributed by atoms with van der Waals surface area (Å²) in [6.45, 7) is 1.65. The minimum absolute atomic E-state index is 0.000488. The molecule has 2 heterocycles. The summed E-state index contributed by atoms with van der Waals surface area (Å²) in [6, 6.07) is 2.97. The summed E-state index contributed by atoms with van der Waals surface area (Å²) in [7, 11) is 0. The van der Waals surface area contributed by atoms with Crippen LogP contribution in [0.4, 0.5) is 13.6 Å². The third-order valence-electron chi connectivity index (χ3n) is 4.13. The average Bonchev–Trinajstić information content (AvgIpc) is 3.09. The first kappa shape index (κ1) is 17.6. The lowest BCUT2D eigenvalue weighted by Crippen LogP contribution is -2.44. The van der Waals surface area contributed by atoms with Gasteiger partial charge in [-0.25, -0.2) is 13.6 Å². The first-order chi connectivity index (χ1) is 12.0. The van der Waals surface area contributed by atoms with Gasteiger partial charge in [0.1, 0.15) is 5.82 Å². The number of carbonyl (C=O) groups is 2. The Morgan fingerprint density at radius 3 is 2.64 bits per heavy atom. The highest BCUT2D eigenvalue weighted by atomic mass is 35.5. The number of halogens is 3. The van der Waals surface area contributed by atoms with Crippen LogP contribution < -0.4 is 10.6 Å². The zero-order valence-electron chi connectivity index (χ0n) is 13.2. The number of hydrogen-bond donors (Lipinski definition) is 2. The number of ketones is 1. The number of benzene rings is 1. The molecule has 1 amide bonds.